The third kappa shape index (κ3) is 2.06. The molecule has 2 aliphatic rings. The Morgan fingerprint density at radius 1 is 1.35 bits per heavy atom. The topological polar surface area (TPSA) is 42.0 Å². The maximum Gasteiger partial charge on any atom is 0.228 e. The van der Waals surface area contributed by atoms with Gasteiger partial charge in [-0.15, -0.1) is 0 Å². The van der Waals surface area contributed by atoms with Crippen LogP contribution in [0.2, 0.25) is 0 Å². The summed E-state index contributed by atoms with van der Waals surface area (Å²) in [5.41, 5.74) is 0.941. The summed E-state index contributed by atoms with van der Waals surface area (Å²) >= 11 is 0. The van der Waals surface area contributed by atoms with Crippen molar-refractivity contribution in [2.45, 2.75) is 32.6 Å². The van der Waals surface area contributed by atoms with Crippen LogP contribution in [0.15, 0.2) is 18.2 Å². The van der Waals surface area contributed by atoms with E-state index in [9.17, 15) is 4.79 Å². The number of rotatable bonds is 2. The summed E-state index contributed by atoms with van der Waals surface area (Å²) in [5, 5.41) is 2.96. The Morgan fingerprint density at radius 3 is 2.88 bits per heavy atom. The lowest BCUT2D eigenvalue weighted by Crippen LogP contribution is -2.27. The molecule has 0 unspecified atom stereocenters. The van der Waals surface area contributed by atoms with E-state index in [0.29, 0.717) is 11.7 Å². The van der Waals surface area contributed by atoms with Crippen LogP contribution < -0.4 is 5.32 Å². The zero-order chi connectivity index (χ0) is 11.8. The summed E-state index contributed by atoms with van der Waals surface area (Å²) in [7, 11) is 0. The summed E-state index contributed by atoms with van der Waals surface area (Å²) in [6, 6.07) is 5.73. The number of fused-ring (bicyclic) bond motifs is 2. The molecule has 0 saturated heterocycles. The largest absolute Gasteiger partial charge is 0.310 e. The fourth-order valence-corrected chi connectivity index (χ4v) is 3.40. The van der Waals surface area contributed by atoms with Crippen molar-refractivity contribution in [1.29, 1.82) is 0 Å². The van der Waals surface area contributed by atoms with Crippen LogP contribution in [0.25, 0.3) is 0 Å². The molecule has 1 amide bonds. The Hall–Kier alpha value is -1.38. The van der Waals surface area contributed by atoms with Crippen molar-refractivity contribution >= 4 is 11.7 Å². The first-order valence-corrected chi connectivity index (χ1v) is 6.47. The van der Waals surface area contributed by atoms with Crippen LogP contribution in [-0.2, 0) is 4.79 Å². The standard InChI is InChI=1S/C14H18N2O/c1-9-3-2-4-13(15-9)16-14(17)12-8-10-5-6-11(12)7-10/h2-4,10-12H,5-8H2,1H3,(H,15,16,17)/t10-,11+,12-/m1/s1. The van der Waals surface area contributed by atoms with E-state index < -0.39 is 0 Å². The fourth-order valence-electron chi connectivity index (χ4n) is 3.40. The van der Waals surface area contributed by atoms with E-state index in [1.54, 1.807) is 0 Å². The highest BCUT2D eigenvalue weighted by Gasteiger charge is 2.43. The van der Waals surface area contributed by atoms with Gasteiger partial charge in [-0.2, -0.15) is 0 Å². The number of amides is 1. The highest BCUT2D eigenvalue weighted by atomic mass is 16.2. The Kier molecular flexibility index (Phi) is 2.61. The maximum atomic E-state index is 12.2. The molecule has 0 radical (unpaired) electrons. The van der Waals surface area contributed by atoms with E-state index in [-0.39, 0.29) is 11.8 Å². The highest BCUT2D eigenvalue weighted by molar-refractivity contribution is 5.92. The molecular formula is C14H18N2O. The van der Waals surface area contributed by atoms with Gasteiger partial charge in [-0.1, -0.05) is 12.5 Å². The Morgan fingerprint density at radius 2 is 2.24 bits per heavy atom. The van der Waals surface area contributed by atoms with Gasteiger partial charge in [0.05, 0.1) is 0 Å². The van der Waals surface area contributed by atoms with Gasteiger partial charge >= 0.3 is 0 Å². The SMILES string of the molecule is Cc1cccc(NC(=O)[C@@H]2C[C@@H]3CC[C@H]2C3)n1. The second-order valence-corrected chi connectivity index (χ2v) is 5.43. The molecule has 17 heavy (non-hydrogen) atoms. The lowest BCUT2D eigenvalue weighted by atomic mass is 9.88. The molecule has 1 aromatic heterocycles. The van der Waals surface area contributed by atoms with Gasteiger partial charge in [0.15, 0.2) is 0 Å². The zero-order valence-corrected chi connectivity index (χ0v) is 10.1. The van der Waals surface area contributed by atoms with Crippen LogP contribution >= 0.6 is 0 Å². The minimum Gasteiger partial charge on any atom is -0.310 e. The summed E-state index contributed by atoms with van der Waals surface area (Å²) in [6.45, 7) is 1.94. The average molecular weight is 230 g/mol. The lowest BCUT2D eigenvalue weighted by molar-refractivity contribution is -0.121. The Balaban J connectivity index is 1.68. The van der Waals surface area contributed by atoms with Crippen molar-refractivity contribution in [2.24, 2.45) is 17.8 Å². The predicted molar refractivity (Wildman–Crippen MR) is 66.5 cm³/mol. The number of nitrogens with zero attached hydrogens (tertiary/aromatic N) is 1. The summed E-state index contributed by atoms with van der Waals surface area (Å²) in [4.78, 5) is 16.5. The van der Waals surface area contributed by atoms with Crippen LogP contribution in [-0.4, -0.2) is 10.9 Å². The fraction of sp³-hybridized carbons (Fsp3) is 0.571. The molecular weight excluding hydrogens is 212 g/mol. The molecule has 0 aliphatic heterocycles. The lowest BCUT2D eigenvalue weighted by Gasteiger charge is -2.20. The first-order chi connectivity index (χ1) is 8.22. The zero-order valence-electron chi connectivity index (χ0n) is 10.1. The van der Waals surface area contributed by atoms with Crippen LogP contribution in [0.3, 0.4) is 0 Å². The van der Waals surface area contributed by atoms with E-state index in [2.05, 4.69) is 10.3 Å². The van der Waals surface area contributed by atoms with Crippen LogP contribution in [0.4, 0.5) is 5.82 Å². The van der Waals surface area contributed by atoms with Crippen LogP contribution in [0.5, 0.6) is 0 Å². The number of pyridine rings is 1. The van der Waals surface area contributed by atoms with Gasteiger partial charge in [-0.3, -0.25) is 4.79 Å². The van der Waals surface area contributed by atoms with Crippen molar-refractivity contribution in [3.8, 4) is 0 Å². The monoisotopic (exact) mass is 230 g/mol. The molecule has 90 valence electrons. The average Bonchev–Trinajstić information content (AvgIpc) is 2.90. The molecule has 1 N–H and O–H groups in total. The van der Waals surface area contributed by atoms with Gasteiger partial charge in [-0.25, -0.2) is 4.98 Å². The number of anilines is 1. The first kappa shape index (κ1) is 10.8. The molecule has 1 heterocycles. The number of hydrogen-bond acceptors (Lipinski definition) is 2. The molecule has 1 aromatic rings. The van der Waals surface area contributed by atoms with Gasteiger partial charge in [-0.05, 0) is 50.2 Å². The second-order valence-electron chi connectivity index (χ2n) is 5.43. The quantitative estimate of drug-likeness (QED) is 0.848. The Bertz CT molecular complexity index is 444. The van der Waals surface area contributed by atoms with Crippen molar-refractivity contribution in [3.63, 3.8) is 0 Å². The van der Waals surface area contributed by atoms with Gasteiger partial charge in [0, 0.05) is 11.6 Å². The van der Waals surface area contributed by atoms with E-state index >= 15 is 0 Å². The van der Waals surface area contributed by atoms with Crippen LogP contribution in [0, 0.1) is 24.7 Å². The Labute approximate surface area is 102 Å². The molecule has 0 spiro atoms. The smallest absolute Gasteiger partial charge is 0.228 e. The number of hydrogen-bond donors (Lipinski definition) is 1. The molecule has 2 bridgehead atoms. The first-order valence-electron chi connectivity index (χ1n) is 6.47. The number of carbonyl (C=O) groups is 1. The molecule has 3 rings (SSSR count). The molecule has 3 heteroatoms. The number of nitrogens with one attached hydrogen (secondary N) is 1. The molecule has 2 saturated carbocycles. The number of carbonyl (C=O) groups excluding carboxylic acids is 1. The molecule has 2 fully saturated rings. The third-order valence-electron chi connectivity index (χ3n) is 4.21. The van der Waals surface area contributed by atoms with Gasteiger partial charge in [0.1, 0.15) is 5.82 Å². The maximum absolute atomic E-state index is 12.2. The van der Waals surface area contributed by atoms with E-state index in [0.717, 1.165) is 18.0 Å². The third-order valence-corrected chi connectivity index (χ3v) is 4.21. The minimum absolute atomic E-state index is 0.176. The number of aromatic nitrogens is 1. The predicted octanol–water partition coefficient (Wildman–Crippen LogP) is 2.76. The van der Waals surface area contributed by atoms with Crippen LogP contribution in [0.1, 0.15) is 31.4 Å². The second kappa shape index (κ2) is 4.13. The van der Waals surface area contributed by atoms with Gasteiger partial charge in [0.25, 0.3) is 0 Å². The summed E-state index contributed by atoms with van der Waals surface area (Å²) in [6.07, 6.45) is 4.92. The summed E-state index contributed by atoms with van der Waals surface area (Å²) < 4.78 is 0. The van der Waals surface area contributed by atoms with E-state index in [1.807, 2.05) is 25.1 Å². The normalized spacial score (nSPS) is 30.5. The molecule has 3 nitrogen and oxygen atoms in total. The van der Waals surface area contributed by atoms with Gasteiger partial charge in [0.2, 0.25) is 5.91 Å². The van der Waals surface area contributed by atoms with Crippen molar-refractivity contribution < 1.29 is 4.79 Å². The summed E-state index contributed by atoms with van der Waals surface area (Å²) in [5.74, 6) is 2.54. The van der Waals surface area contributed by atoms with Crippen molar-refractivity contribution in [2.75, 3.05) is 5.32 Å². The van der Waals surface area contributed by atoms with E-state index in [1.165, 1.54) is 19.3 Å². The molecule has 3 atom stereocenters. The molecule has 0 aromatic carbocycles. The highest BCUT2D eigenvalue weighted by Crippen LogP contribution is 2.48. The number of aryl methyl sites for hydroxylation is 1. The van der Waals surface area contributed by atoms with Crippen molar-refractivity contribution in [3.05, 3.63) is 23.9 Å². The molecule has 2 aliphatic carbocycles. The minimum atomic E-state index is 0.176. The van der Waals surface area contributed by atoms with Crippen molar-refractivity contribution in [1.82, 2.24) is 4.98 Å². The van der Waals surface area contributed by atoms with E-state index in [4.69, 9.17) is 0 Å². The van der Waals surface area contributed by atoms with Gasteiger partial charge < -0.3 is 5.32 Å².